The van der Waals surface area contributed by atoms with Gasteiger partial charge < -0.3 is 4.57 Å². The fraction of sp³-hybridized carbons (Fsp3) is 0.375. The summed E-state index contributed by atoms with van der Waals surface area (Å²) in [6, 6.07) is 1.95. The predicted molar refractivity (Wildman–Crippen MR) is 38.1 cm³/mol. The van der Waals surface area contributed by atoms with Crippen molar-refractivity contribution in [1.29, 1.82) is 0 Å². The van der Waals surface area contributed by atoms with Crippen LogP contribution in [0.3, 0.4) is 0 Å². The summed E-state index contributed by atoms with van der Waals surface area (Å²) in [7, 11) is 0. The number of carbonyl (C=O) groups excluding carboxylic acids is 1. The van der Waals surface area contributed by atoms with E-state index in [-0.39, 0.29) is 5.78 Å². The lowest BCUT2D eigenvalue weighted by atomic mass is 10.2. The van der Waals surface area contributed by atoms with Crippen molar-refractivity contribution in [3.63, 3.8) is 0 Å². The molecule has 0 unspecified atom stereocenters. The van der Waals surface area contributed by atoms with Gasteiger partial charge in [0.2, 0.25) is 0 Å². The molecule has 0 aliphatic carbocycles. The van der Waals surface area contributed by atoms with Crippen LogP contribution in [0, 0.1) is 6.92 Å². The summed E-state index contributed by atoms with van der Waals surface area (Å²) in [6.07, 6.45) is 2.72. The molecule has 0 saturated heterocycles. The molecule has 0 bridgehead atoms. The maximum Gasteiger partial charge on any atom is 0.180 e. The van der Waals surface area contributed by atoms with Crippen LogP contribution in [-0.4, -0.2) is 10.4 Å². The summed E-state index contributed by atoms with van der Waals surface area (Å²) >= 11 is 0. The number of nitrogens with zero attached hydrogens (tertiary/aromatic N) is 1. The molecule has 2 nitrogen and oxygen atoms in total. The van der Waals surface area contributed by atoms with Crippen LogP contribution in [0.1, 0.15) is 22.5 Å². The molecule has 0 atom stereocenters. The van der Waals surface area contributed by atoms with E-state index in [1.807, 2.05) is 23.8 Å². The van der Waals surface area contributed by atoms with Crippen molar-refractivity contribution in [3.8, 4) is 0 Å². The topological polar surface area (TPSA) is 22.0 Å². The molecule has 2 rings (SSSR count). The molecular weight excluding hydrogens is 126 g/mol. The highest BCUT2D eigenvalue weighted by molar-refractivity contribution is 5.96. The number of ketones is 1. The van der Waals surface area contributed by atoms with Crippen LogP contribution < -0.4 is 0 Å². The predicted octanol–water partition coefficient (Wildman–Crippen LogP) is 1.38. The van der Waals surface area contributed by atoms with Gasteiger partial charge in [-0.2, -0.15) is 0 Å². The van der Waals surface area contributed by atoms with Gasteiger partial charge in [0.1, 0.15) is 0 Å². The number of carbonyl (C=O) groups is 1. The van der Waals surface area contributed by atoms with Gasteiger partial charge in [-0.1, -0.05) is 0 Å². The van der Waals surface area contributed by atoms with Crippen LogP contribution >= 0.6 is 0 Å². The number of Topliss-reactive ketones (excluding diaryl/α,β-unsaturated/α-hetero) is 1. The summed E-state index contributed by atoms with van der Waals surface area (Å²) in [4.78, 5) is 11.1. The Bertz CT molecular complexity index is 285. The first kappa shape index (κ1) is 5.71. The summed E-state index contributed by atoms with van der Waals surface area (Å²) in [5.41, 5.74) is 2.07. The van der Waals surface area contributed by atoms with E-state index in [1.165, 1.54) is 5.56 Å². The Morgan fingerprint density at radius 1 is 1.60 bits per heavy atom. The van der Waals surface area contributed by atoms with E-state index in [4.69, 9.17) is 0 Å². The van der Waals surface area contributed by atoms with Crippen molar-refractivity contribution < 1.29 is 4.79 Å². The molecule has 0 radical (unpaired) electrons. The van der Waals surface area contributed by atoms with E-state index in [2.05, 4.69) is 0 Å². The van der Waals surface area contributed by atoms with Crippen molar-refractivity contribution in [3.05, 3.63) is 23.5 Å². The molecule has 1 aliphatic heterocycles. The fourth-order valence-corrected chi connectivity index (χ4v) is 1.43. The lowest BCUT2D eigenvalue weighted by Gasteiger charge is -1.89. The van der Waals surface area contributed by atoms with Crippen molar-refractivity contribution >= 4 is 5.78 Å². The Labute approximate surface area is 59.5 Å². The average molecular weight is 135 g/mol. The maximum atomic E-state index is 11.1. The Morgan fingerprint density at radius 3 is 3.10 bits per heavy atom. The zero-order valence-electron chi connectivity index (χ0n) is 5.92. The van der Waals surface area contributed by atoms with Gasteiger partial charge in [-0.05, 0) is 18.6 Å². The smallest absolute Gasteiger partial charge is 0.180 e. The number of hydrogen-bond acceptors (Lipinski definition) is 1. The average Bonchev–Trinajstić information content (AvgIpc) is 2.35. The van der Waals surface area contributed by atoms with Crippen LogP contribution in [0.25, 0.3) is 0 Å². The summed E-state index contributed by atoms with van der Waals surface area (Å²) in [5, 5.41) is 0. The second-order valence-electron chi connectivity index (χ2n) is 2.77. The summed E-state index contributed by atoms with van der Waals surface area (Å²) < 4.78 is 2.03. The lowest BCUT2D eigenvalue weighted by Crippen LogP contribution is -1.89. The van der Waals surface area contributed by atoms with Gasteiger partial charge in [0.05, 0.1) is 5.69 Å². The largest absolute Gasteiger partial charge is 0.344 e. The summed E-state index contributed by atoms with van der Waals surface area (Å²) in [5.74, 6) is 0.285. The van der Waals surface area contributed by atoms with Gasteiger partial charge in [0.25, 0.3) is 0 Å². The highest BCUT2D eigenvalue weighted by atomic mass is 16.1. The Morgan fingerprint density at radius 2 is 2.40 bits per heavy atom. The molecule has 0 saturated carbocycles. The number of aryl methyl sites for hydroxylation is 2. The third kappa shape index (κ3) is 0.618. The van der Waals surface area contributed by atoms with Gasteiger partial charge in [-0.3, -0.25) is 4.79 Å². The molecule has 0 N–H and O–H groups in total. The van der Waals surface area contributed by atoms with Gasteiger partial charge in [0.15, 0.2) is 5.78 Å². The Hall–Kier alpha value is -1.05. The number of rotatable bonds is 0. The second-order valence-corrected chi connectivity index (χ2v) is 2.77. The molecular formula is C8H9NO. The van der Waals surface area contributed by atoms with Crippen LogP contribution in [0.4, 0.5) is 0 Å². The normalized spacial score (nSPS) is 15.9. The van der Waals surface area contributed by atoms with E-state index in [0.29, 0.717) is 6.42 Å². The number of aromatic nitrogens is 1. The van der Waals surface area contributed by atoms with Crippen molar-refractivity contribution in [2.45, 2.75) is 19.9 Å². The molecule has 1 aliphatic rings. The molecule has 0 fully saturated rings. The minimum atomic E-state index is 0.285. The molecule has 2 heteroatoms. The van der Waals surface area contributed by atoms with Crippen LogP contribution in [0.5, 0.6) is 0 Å². The zero-order chi connectivity index (χ0) is 7.14. The van der Waals surface area contributed by atoms with Crippen LogP contribution in [-0.2, 0) is 6.54 Å². The van der Waals surface area contributed by atoms with Crippen molar-refractivity contribution in [1.82, 2.24) is 4.57 Å². The molecule has 0 spiro atoms. The molecule has 1 aromatic heterocycles. The second kappa shape index (κ2) is 1.72. The first-order valence-electron chi connectivity index (χ1n) is 3.47. The Kier molecular flexibility index (Phi) is 0.982. The van der Waals surface area contributed by atoms with E-state index in [0.717, 1.165) is 12.2 Å². The van der Waals surface area contributed by atoms with Gasteiger partial charge >= 0.3 is 0 Å². The first-order valence-corrected chi connectivity index (χ1v) is 3.47. The van der Waals surface area contributed by atoms with Crippen molar-refractivity contribution in [2.75, 3.05) is 0 Å². The molecule has 0 amide bonds. The molecule has 52 valence electrons. The van der Waals surface area contributed by atoms with Crippen molar-refractivity contribution in [2.24, 2.45) is 0 Å². The zero-order valence-corrected chi connectivity index (χ0v) is 5.92. The number of hydrogen-bond donors (Lipinski definition) is 0. The van der Waals surface area contributed by atoms with Crippen LogP contribution in [0.15, 0.2) is 12.3 Å². The molecule has 1 aromatic rings. The van der Waals surface area contributed by atoms with E-state index in [1.54, 1.807) is 0 Å². The minimum Gasteiger partial charge on any atom is -0.344 e. The van der Waals surface area contributed by atoms with E-state index >= 15 is 0 Å². The fourth-order valence-electron chi connectivity index (χ4n) is 1.43. The molecule has 0 aromatic carbocycles. The van der Waals surface area contributed by atoms with Gasteiger partial charge in [0, 0.05) is 19.2 Å². The van der Waals surface area contributed by atoms with Gasteiger partial charge in [-0.25, -0.2) is 0 Å². The number of fused-ring (bicyclic) bond motifs is 1. The molecule has 10 heavy (non-hydrogen) atoms. The SMILES string of the molecule is Cc1cc2n(c1)CCC2=O. The standard InChI is InChI=1S/C8H9NO/c1-6-4-7-8(10)2-3-9(7)5-6/h4-5H,2-3H2,1H3. The third-order valence-electron chi connectivity index (χ3n) is 1.90. The molecule has 2 heterocycles. The highest BCUT2D eigenvalue weighted by Crippen LogP contribution is 2.17. The monoisotopic (exact) mass is 135 g/mol. The van der Waals surface area contributed by atoms with Gasteiger partial charge in [-0.15, -0.1) is 0 Å². The highest BCUT2D eigenvalue weighted by Gasteiger charge is 2.18. The Balaban J connectivity index is 2.59. The van der Waals surface area contributed by atoms with E-state index in [9.17, 15) is 4.79 Å². The first-order chi connectivity index (χ1) is 4.77. The van der Waals surface area contributed by atoms with E-state index < -0.39 is 0 Å². The third-order valence-corrected chi connectivity index (χ3v) is 1.90. The van der Waals surface area contributed by atoms with Crippen LogP contribution in [0.2, 0.25) is 0 Å². The minimum absolute atomic E-state index is 0.285. The summed E-state index contributed by atoms with van der Waals surface area (Å²) in [6.45, 7) is 2.89. The quantitative estimate of drug-likeness (QED) is 0.526. The maximum absolute atomic E-state index is 11.1. The lowest BCUT2D eigenvalue weighted by molar-refractivity contribution is 0.0994.